The lowest BCUT2D eigenvalue weighted by atomic mass is 9.85. The third-order valence-corrected chi connectivity index (χ3v) is 3.77. The van der Waals surface area contributed by atoms with E-state index in [0.717, 1.165) is 12.1 Å². The van der Waals surface area contributed by atoms with Crippen molar-refractivity contribution >= 4 is 0 Å². The molecule has 1 saturated carbocycles. The molecule has 1 N–H and O–H groups in total. The van der Waals surface area contributed by atoms with Crippen molar-refractivity contribution in [2.24, 2.45) is 13.0 Å². The molecule has 0 bridgehead atoms. The molecule has 0 aromatic carbocycles. The summed E-state index contributed by atoms with van der Waals surface area (Å²) in [5.74, 6) is 1.34. The zero-order valence-electron chi connectivity index (χ0n) is 10.7. The van der Waals surface area contributed by atoms with Crippen molar-refractivity contribution in [2.45, 2.75) is 44.6 Å². The summed E-state index contributed by atoms with van der Waals surface area (Å²) in [6.45, 7) is 0. The number of aromatic nitrogens is 2. The second kappa shape index (κ2) is 5.54. The normalized spacial score (nSPS) is 19.2. The van der Waals surface area contributed by atoms with E-state index >= 15 is 0 Å². The number of hydrogen-bond donors (Lipinski definition) is 1. The highest BCUT2D eigenvalue weighted by Crippen LogP contribution is 2.34. The number of aryl methyl sites for hydroxylation is 1. The molecule has 1 aromatic rings. The molecule has 0 radical (unpaired) electrons. The van der Waals surface area contributed by atoms with Gasteiger partial charge in [-0.15, -0.1) is 0 Å². The molecule has 1 unspecified atom stereocenters. The highest BCUT2D eigenvalue weighted by atomic mass is 16.5. The Morgan fingerprint density at radius 3 is 2.82 bits per heavy atom. The maximum Gasteiger partial charge on any atom is 0.162 e. The van der Waals surface area contributed by atoms with Gasteiger partial charge in [0.2, 0.25) is 0 Å². The van der Waals surface area contributed by atoms with Crippen molar-refractivity contribution in [3.05, 3.63) is 11.9 Å². The van der Waals surface area contributed by atoms with Crippen LogP contribution in [-0.2, 0) is 7.05 Å². The highest BCUT2D eigenvalue weighted by molar-refractivity contribution is 5.27. The maximum atomic E-state index is 10.3. The summed E-state index contributed by atoms with van der Waals surface area (Å²) in [7, 11) is 3.47. The quantitative estimate of drug-likeness (QED) is 0.876. The van der Waals surface area contributed by atoms with Crippen LogP contribution in [0.5, 0.6) is 5.75 Å². The number of aliphatic hydroxyl groups excluding tert-OH is 1. The molecular weight excluding hydrogens is 216 g/mol. The molecule has 1 aliphatic carbocycles. The summed E-state index contributed by atoms with van der Waals surface area (Å²) in [6, 6.07) is 0. The van der Waals surface area contributed by atoms with Crippen LogP contribution in [0, 0.1) is 5.92 Å². The lowest BCUT2D eigenvalue weighted by Crippen LogP contribution is -2.14. The summed E-state index contributed by atoms with van der Waals surface area (Å²) >= 11 is 0. The van der Waals surface area contributed by atoms with E-state index in [9.17, 15) is 5.11 Å². The summed E-state index contributed by atoms with van der Waals surface area (Å²) in [5.41, 5.74) is 0.804. The average Bonchev–Trinajstić information content (AvgIpc) is 2.71. The van der Waals surface area contributed by atoms with Crippen molar-refractivity contribution in [3.8, 4) is 5.75 Å². The van der Waals surface area contributed by atoms with E-state index < -0.39 is 6.10 Å². The first-order valence-electron chi connectivity index (χ1n) is 6.46. The Morgan fingerprint density at radius 2 is 2.18 bits per heavy atom. The molecule has 0 saturated heterocycles. The Bertz CT molecular complexity index is 356. The number of aliphatic hydroxyl groups is 1. The van der Waals surface area contributed by atoms with Crippen molar-refractivity contribution in [1.29, 1.82) is 0 Å². The first-order valence-corrected chi connectivity index (χ1v) is 6.46. The fourth-order valence-corrected chi connectivity index (χ4v) is 2.81. The fourth-order valence-electron chi connectivity index (χ4n) is 2.81. The molecule has 4 nitrogen and oxygen atoms in total. The van der Waals surface area contributed by atoms with Gasteiger partial charge in [0.15, 0.2) is 5.75 Å². The van der Waals surface area contributed by atoms with Gasteiger partial charge in [0.05, 0.1) is 19.4 Å². The van der Waals surface area contributed by atoms with Gasteiger partial charge in [-0.1, -0.05) is 32.1 Å². The minimum Gasteiger partial charge on any atom is -0.493 e. The third-order valence-electron chi connectivity index (χ3n) is 3.77. The minimum absolute atomic E-state index is 0.458. The van der Waals surface area contributed by atoms with E-state index in [2.05, 4.69) is 5.10 Å². The van der Waals surface area contributed by atoms with Gasteiger partial charge in [0.1, 0.15) is 5.69 Å². The van der Waals surface area contributed by atoms with E-state index in [1.54, 1.807) is 18.0 Å². The predicted octanol–water partition coefficient (Wildman–Crippen LogP) is 2.43. The summed E-state index contributed by atoms with van der Waals surface area (Å²) in [6.07, 6.45) is 8.49. The van der Waals surface area contributed by atoms with E-state index in [1.165, 1.54) is 32.1 Å². The van der Waals surface area contributed by atoms with Gasteiger partial charge in [-0.2, -0.15) is 5.10 Å². The lowest BCUT2D eigenvalue weighted by molar-refractivity contribution is 0.120. The van der Waals surface area contributed by atoms with E-state index in [1.807, 2.05) is 7.05 Å². The summed E-state index contributed by atoms with van der Waals surface area (Å²) in [5, 5.41) is 14.4. The first kappa shape index (κ1) is 12.4. The maximum absolute atomic E-state index is 10.3. The van der Waals surface area contributed by atoms with Gasteiger partial charge in [-0.3, -0.25) is 4.68 Å². The second-order valence-electron chi connectivity index (χ2n) is 4.98. The Balaban J connectivity index is 2.02. The van der Waals surface area contributed by atoms with Gasteiger partial charge in [0.25, 0.3) is 0 Å². The number of hydrogen-bond acceptors (Lipinski definition) is 3. The number of nitrogens with zero attached hydrogens (tertiary/aromatic N) is 2. The zero-order chi connectivity index (χ0) is 12.3. The zero-order valence-corrected chi connectivity index (χ0v) is 10.7. The largest absolute Gasteiger partial charge is 0.493 e. The van der Waals surface area contributed by atoms with Crippen molar-refractivity contribution in [2.75, 3.05) is 7.11 Å². The van der Waals surface area contributed by atoms with Crippen LogP contribution in [0.2, 0.25) is 0 Å². The van der Waals surface area contributed by atoms with Crippen LogP contribution >= 0.6 is 0 Å². The molecule has 96 valence electrons. The van der Waals surface area contributed by atoms with Gasteiger partial charge in [-0.25, -0.2) is 0 Å². The van der Waals surface area contributed by atoms with Crippen LogP contribution in [0.4, 0.5) is 0 Å². The van der Waals surface area contributed by atoms with E-state index in [-0.39, 0.29) is 0 Å². The summed E-state index contributed by atoms with van der Waals surface area (Å²) < 4.78 is 6.95. The smallest absolute Gasteiger partial charge is 0.162 e. The molecule has 17 heavy (non-hydrogen) atoms. The number of ether oxygens (including phenoxy) is 1. The van der Waals surface area contributed by atoms with Gasteiger partial charge in [0, 0.05) is 7.05 Å². The highest BCUT2D eigenvalue weighted by Gasteiger charge is 2.23. The van der Waals surface area contributed by atoms with Crippen molar-refractivity contribution in [1.82, 2.24) is 9.78 Å². The molecule has 1 aromatic heterocycles. The monoisotopic (exact) mass is 238 g/mol. The van der Waals surface area contributed by atoms with Crippen LogP contribution in [0.1, 0.15) is 50.3 Å². The van der Waals surface area contributed by atoms with Crippen LogP contribution < -0.4 is 4.74 Å². The Labute approximate surface area is 103 Å². The van der Waals surface area contributed by atoms with Gasteiger partial charge < -0.3 is 9.84 Å². The third kappa shape index (κ3) is 2.80. The average molecular weight is 238 g/mol. The first-order chi connectivity index (χ1) is 8.22. The van der Waals surface area contributed by atoms with Gasteiger partial charge >= 0.3 is 0 Å². The van der Waals surface area contributed by atoms with Gasteiger partial charge in [-0.05, 0) is 12.3 Å². The van der Waals surface area contributed by atoms with Crippen molar-refractivity contribution in [3.63, 3.8) is 0 Å². The Kier molecular flexibility index (Phi) is 4.05. The minimum atomic E-state index is -0.458. The molecule has 0 amide bonds. The molecular formula is C13H22N2O2. The number of methoxy groups -OCH3 is 1. The van der Waals surface area contributed by atoms with Crippen molar-refractivity contribution < 1.29 is 9.84 Å². The molecule has 1 aliphatic rings. The predicted molar refractivity (Wildman–Crippen MR) is 65.9 cm³/mol. The molecule has 0 aliphatic heterocycles. The molecule has 1 fully saturated rings. The van der Waals surface area contributed by atoms with Crippen LogP contribution in [-0.4, -0.2) is 22.0 Å². The summed E-state index contributed by atoms with van der Waals surface area (Å²) in [4.78, 5) is 0. The molecule has 0 spiro atoms. The molecule has 4 heteroatoms. The Morgan fingerprint density at radius 1 is 1.47 bits per heavy atom. The van der Waals surface area contributed by atoms with Crippen LogP contribution in [0.25, 0.3) is 0 Å². The van der Waals surface area contributed by atoms with E-state index in [4.69, 9.17) is 4.74 Å². The fraction of sp³-hybridized carbons (Fsp3) is 0.769. The van der Waals surface area contributed by atoms with Crippen LogP contribution in [0.3, 0.4) is 0 Å². The second-order valence-corrected chi connectivity index (χ2v) is 4.98. The molecule has 1 atom stereocenters. The topological polar surface area (TPSA) is 47.3 Å². The van der Waals surface area contributed by atoms with E-state index in [0.29, 0.717) is 11.7 Å². The molecule has 2 rings (SSSR count). The number of rotatable bonds is 4. The SMILES string of the molecule is COc1cnn(C)c1C(O)CC1CCCCC1. The lowest BCUT2D eigenvalue weighted by Gasteiger charge is -2.24. The van der Waals surface area contributed by atoms with Crippen LogP contribution in [0.15, 0.2) is 6.20 Å². The Hall–Kier alpha value is -1.03. The standard InChI is InChI=1S/C13H22N2O2/c1-15-13(12(17-2)9-14-15)11(16)8-10-6-4-3-5-7-10/h9-11,16H,3-8H2,1-2H3. The molecule has 1 heterocycles.